The molecule has 0 saturated carbocycles. The van der Waals surface area contributed by atoms with Crippen LogP contribution in [0.3, 0.4) is 0 Å². The summed E-state index contributed by atoms with van der Waals surface area (Å²) in [5.41, 5.74) is 1.28. The fourth-order valence-corrected chi connectivity index (χ4v) is 4.50. The molecule has 9 heteroatoms. The van der Waals surface area contributed by atoms with E-state index in [1.807, 2.05) is 0 Å². The first kappa shape index (κ1) is 24.2. The van der Waals surface area contributed by atoms with Crippen LogP contribution in [0.4, 0.5) is 17.1 Å². The maximum Gasteiger partial charge on any atom is 0.336 e. The van der Waals surface area contributed by atoms with Crippen LogP contribution in [0.1, 0.15) is 43.0 Å². The van der Waals surface area contributed by atoms with Crippen LogP contribution in [-0.2, 0) is 14.4 Å². The number of piperidine rings is 1. The number of ether oxygens (including phenoxy) is 1. The third kappa shape index (κ3) is 5.41. The van der Waals surface area contributed by atoms with Crippen molar-refractivity contribution in [2.24, 2.45) is 0 Å². The highest BCUT2D eigenvalue weighted by molar-refractivity contribution is 6.19. The molecule has 2 aliphatic rings. The standard InChI is InChI=1S/C26H27N3O6/c1-17-7-4-5-15-28(17)16-14-22(30)29-19-9-3-2-8-18(19)27-26(34)25-20(29)10-6-11-21(25)35-24(33)13-12-23(31)32/h2-3,6,8-13,17H,4-5,7,14-16H2,1H3,(H,27,34)(H,31,32)/b13-12+. The molecule has 2 aliphatic heterocycles. The van der Waals surface area contributed by atoms with Crippen LogP contribution in [0.5, 0.6) is 5.75 Å². The Morgan fingerprint density at radius 1 is 1.09 bits per heavy atom. The van der Waals surface area contributed by atoms with Crippen LogP contribution < -0.4 is 15.0 Å². The summed E-state index contributed by atoms with van der Waals surface area (Å²) in [4.78, 5) is 53.5. The third-order valence-electron chi connectivity index (χ3n) is 6.24. The van der Waals surface area contributed by atoms with Crippen molar-refractivity contribution in [1.29, 1.82) is 0 Å². The van der Waals surface area contributed by atoms with Crippen LogP contribution in [0.15, 0.2) is 54.6 Å². The molecule has 0 aromatic heterocycles. The molecule has 0 aliphatic carbocycles. The number of esters is 1. The number of anilines is 3. The molecule has 0 bridgehead atoms. The van der Waals surface area contributed by atoms with Crippen LogP contribution >= 0.6 is 0 Å². The number of aliphatic carboxylic acids is 1. The second-order valence-corrected chi connectivity index (χ2v) is 8.57. The Kier molecular flexibility index (Phi) is 7.26. The van der Waals surface area contributed by atoms with Crippen molar-refractivity contribution in [3.8, 4) is 5.75 Å². The predicted octanol–water partition coefficient (Wildman–Crippen LogP) is 3.73. The fourth-order valence-electron chi connectivity index (χ4n) is 4.50. The Balaban J connectivity index is 1.69. The second kappa shape index (κ2) is 10.5. The van der Waals surface area contributed by atoms with E-state index in [0.29, 0.717) is 30.0 Å². The number of carbonyl (C=O) groups is 4. The smallest absolute Gasteiger partial charge is 0.336 e. The van der Waals surface area contributed by atoms with Gasteiger partial charge in [-0.05, 0) is 50.6 Å². The number of rotatable bonds is 6. The fraction of sp³-hybridized carbons (Fsp3) is 0.308. The van der Waals surface area contributed by atoms with Gasteiger partial charge in [0.25, 0.3) is 5.91 Å². The average Bonchev–Trinajstić information content (AvgIpc) is 2.96. The number of carboxylic acid groups (broad SMARTS) is 1. The number of likely N-dealkylation sites (tertiary alicyclic amines) is 1. The van der Waals surface area contributed by atoms with Crippen LogP contribution in [0.25, 0.3) is 0 Å². The number of fused-ring (bicyclic) bond motifs is 2. The summed E-state index contributed by atoms with van der Waals surface area (Å²) in [5.74, 6) is -3.07. The number of carboxylic acids is 1. The van der Waals surface area contributed by atoms with Crippen molar-refractivity contribution < 1.29 is 29.0 Å². The Bertz CT molecular complexity index is 1190. The molecule has 1 unspecified atom stereocenters. The van der Waals surface area contributed by atoms with Gasteiger partial charge in [0.15, 0.2) is 0 Å². The summed E-state index contributed by atoms with van der Waals surface area (Å²) >= 11 is 0. The lowest BCUT2D eigenvalue weighted by molar-refractivity contribution is -0.133. The average molecular weight is 478 g/mol. The molecule has 0 radical (unpaired) electrons. The molecule has 1 fully saturated rings. The normalized spacial score (nSPS) is 17.8. The number of hydrogen-bond donors (Lipinski definition) is 2. The Hall–Kier alpha value is -3.98. The van der Waals surface area contributed by atoms with E-state index in [-0.39, 0.29) is 29.3 Å². The highest BCUT2D eigenvalue weighted by atomic mass is 16.5. The van der Waals surface area contributed by atoms with Gasteiger partial charge in [-0.25, -0.2) is 9.59 Å². The monoisotopic (exact) mass is 477 g/mol. The predicted molar refractivity (Wildman–Crippen MR) is 130 cm³/mol. The number of carbonyl (C=O) groups excluding carboxylic acids is 3. The van der Waals surface area contributed by atoms with Crippen molar-refractivity contribution in [2.75, 3.05) is 23.3 Å². The number of para-hydroxylation sites is 2. The highest BCUT2D eigenvalue weighted by Gasteiger charge is 2.32. The first-order valence-electron chi connectivity index (χ1n) is 11.6. The lowest BCUT2D eigenvalue weighted by Gasteiger charge is -2.33. The molecule has 9 nitrogen and oxygen atoms in total. The number of nitrogens with one attached hydrogen (secondary N) is 1. The maximum absolute atomic E-state index is 13.6. The summed E-state index contributed by atoms with van der Waals surface area (Å²) in [6.45, 7) is 3.72. The van der Waals surface area contributed by atoms with Gasteiger partial charge in [-0.2, -0.15) is 0 Å². The molecule has 2 N–H and O–H groups in total. The minimum absolute atomic E-state index is 0.0143. The quantitative estimate of drug-likeness (QED) is 0.370. The van der Waals surface area contributed by atoms with E-state index in [9.17, 15) is 19.2 Å². The first-order valence-corrected chi connectivity index (χ1v) is 11.6. The molecule has 2 aromatic rings. The van der Waals surface area contributed by atoms with E-state index in [1.165, 1.54) is 17.4 Å². The topological polar surface area (TPSA) is 116 Å². The molecule has 4 rings (SSSR count). The zero-order valence-corrected chi connectivity index (χ0v) is 19.4. The van der Waals surface area contributed by atoms with Crippen molar-refractivity contribution in [2.45, 2.75) is 38.6 Å². The van der Waals surface area contributed by atoms with E-state index >= 15 is 0 Å². The lowest BCUT2D eigenvalue weighted by Crippen LogP contribution is -2.40. The molecule has 0 spiro atoms. The second-order valence-electron chi connectivity index (χ2n) is 8.57. The minimum Gasteiger partial charge on any atom is -0.478 e. The van der Waals surface area contributed by atoms with E-state index in [2.05, 4.69) is 17.1 Å². The van der Waals surface area contributed by atoms with E-state index in [4.69, 9.17) is 9.84 Å². The van der Waals surface area contributed by atoms with Crippen LogP contribution in [0, 0.1) is 0 Å². The van der Waals surface area contributed by atoms with Gasteiger partial charge in [-0.1, -0.05) is 24.6 Å². The van der Waals surface area contributed by atoms with Gasteiger partial charge < -0.3 is 20.1 Å². The minimum atomic E-state index is -1.30. The Morgan fingerprint density at radius 2 is 1.86 bits per heavy atom. The molecule has 1 atom stereocenters. The van der Waals surface area contributed by atoms with Crippen LogP contribution in [-0.4, -0.2) is 52.9 Å². The van der Waals surface area contributed by atoms with Crippen molar-refractivity contribution in [1.82, 2.24) is 4.90 Å². The summed E-state index contributed by atoms with van der Waals surface area (Å²) in [7, 11) is 0. The van der Waals surface area contributed by atoms with Gasteiger partial charge in [0, 0.05) is 31.2 Å². The van der Waals surface area contributed by atoms with Crippen LogP contribution in [0.2, 0.25) is 0 Å². The maximum atomic E-state index is 13.6. The summed E-state index contributed by atoms with van der Waals surface area (Å²) in [5, 5.41) is 11.5. The zero-order chi connectivity index (χ0) is 24.9. The van der Waals surface area contributed by atoms with E-state index in [1.54, 1.807) is 36.4 Å². The third-order valence-corrected chi connectivity index (χ3v) is 6.24. The van der Waals surface area contributed by atoms with Gasteiger partial charge in [0.05, 0.1) is 17.1 Å². The molecule has 2 heterocycles. The van der Waals surface area contributed by atoms with Crippen molar-refractivity contribution in [3.05, 3.63) is 60.2 Å². The van der Waals surface area contributed by atoms with Gasteiger partial charge in [0.1, 0.15) is 11.3 Å². The number of amides is 2. The van der Waals surface area contributed by atoms with Gasteiger partial charge in [-0.15, -0.1) is 0 Å². The molecular weight excluding hydrogens is 450 g/mol. The van der Waals surface area contributed by atoms with E-state index in [0.717, 1.165) is 25.5 Å². The zero-order valence-electron chi connectivity index (χ0n) is 19.4. The van der Waals surface area contributed by atoms with Gasteiger partial charge >= 0.3 is 11.9 Å². The Morgan fingerprint density at radius 3 is 2.63 bits per heavy atom. The molecule has 2 aromatic carbocycles. The van der Waals surface area contributed by atoms with Gasteiger partial charge in [-0.3, -0.25) is 14.5 Å². The molecule has 2 amide bonds. The number of nitrogens with zero attached hydrogens (tertiary/aromatic N) is 2. The molecule has 182 valence electrons. The molecular formula is C26H27N3O6. The van der Waals surface area contributed by atoms with Crippen molar-refractivity contribution in [3.63, 3.8) is 0 Å². The summed E-state index contributed by atoms with van der Waals surface area (Å²) < 4.78 is 5.29. The van der Waals surface area contributed by atoms with E-state index < -0.39 is 17.8 Å². The SMILES string of the molecule is CC1CCCCN1CCC(=O)N1c2ccccc2NC(=O)c2c(OC(=O)/C=C/C(=O)O)cccc21. The summed E-state index contributed by atoms with van der Waals surface area (Å²) in [6, 6.07) is 12.0. The lowest BCUT2D eigenvalue weighted by atomic mass is 10.0. The van der Waals surface area contributed by atoms with Gasteiger partial charge in [0.2, 0.25) is 5.91 Å². The Labute approximate surface area is 203 Å². The largest absolute Gasteiger partial charge is 0.478 e. The molecule has 35 heavy (non-hydrogen) atoms. The first-order chi connectivity index (χ1) is 16.8. The highest BCUT2D eigenvalue weighted by Crippen LogP contribution is 2.41. The molecule has 1 saturated heterocycles. The summed E-state index contributed by atoms with van der Waals surface area (Å²) in [6.07, 6.45) is 5.06. The number of hydrogen-bond acceptors (Lipinski definition) is 6. The number of benzene rings is 2. The van der Waals surface area contributed by atoms with Crippen molar-refractivity contribution >= 4 is 40.8 Å².